The van der Waals surface area contributed by atoms with Gasteiger partial charge in [-0.2, -0.15) is 0 Å². The van der Waals surface area contributed by atoms with Crippen molar-refractivity contribution in [3.8, 4) is 22.8 Å². The first-order valence-electron chi connectivity index (χ1n) is 5.33. The molecule has 0 atom stereocenters. The maximum Gasteiger partial charge on any atom is 0.185 e. The summed E-state index contributed by atoms with van der Waals surface area (Å²) < 4.78 is 19.3. The average Bonchev–Trinajstić information content (AvgIpc) is 2.78. The molecular weight excluding hydrogens is 317 g/mol. The number of hydrogen-bond acceptors (Lipinski definition) is 4. The molecule has 0 spiro atoms. The first kappa shape index (κ1) is 12.0. The van der Waals surface area contributed by atoms with Crippen LogP contribution in [-0.2, 0) is 0 Å². The molecule has 0 unspecified atom stereocenters. The Kier molecular flexibility index (Phi) is 2.67. The lowest BCUT2D eigenvalue weighted by atomic mass is 10.1. The van der Waals surface area contributed by atoms with Crippen LogP contribution in [0.15, 0.2) is 39.3 Å². The summed E-state index contributed by atoms with van der Waals surface area (Å²) in [5.74, 6) is -0.742. The van der Waals surface area contributed by atoms with Gasteiger partial charge in [0.25, 0.3) is 0 Å². The topological polar surface area (TPSA) is 66.5 Å². The standard InChI is InChI=1S/C13H7BrFNO3/c14-11-10(18)4-3-8-12(16-19-13(8)11)7-2-1-6(17)5-9(7)15/h1-5,17-18H. The zero-order chi connectivity index (χ0) is 13.6. The third-order valence-corrected chi connectivity index (χ3v) is 3.53. The van der Waals surface area contributed by atoms with Gasteiger partial charge >= 0.3 is 0 Å². The van der Waals surface area contributed by atoms with Crippen molar-refractivity contribution < 1.29 is 19.1 Å². The first-order valence-corrected chi connectivity index (χ1v) is 6.13. The van der Waals surface area contributed by atoms with Crippen LogP contribution in [0.4, 0.5) is 4.39 Å². The van der Waals surface area contributed by atoms with Gasteiger partial charge in [0.2, 0.25) is 0 Å². The minimum Gasteiger partial charge on any atom is -0.508 e. The van der Waals surface area contributed by atoms with Crippen molar-refractivity contribution in [1.82, 2.24) is 5.16 Å². The molecule has 3 aromatic rings. The summed E-state index contributed by atoms with van der Waals surface area (Å²) in [4.78, 5) is 0. The molecule has 0 aliphatic carbocycles. The lowest BCUT2D eigenvalue weighted by Crippen LogP contribution is -1.84. The molecule has 0 aliphatic heterocycles. The molecule has 0 radical (unpaired) electrons. The van der Waals surface area contributed by atoms with E-state index in [-0.39, 0.29) is 17.1 Å². The number of phenolic OH excluding ortho intramolecular Hbond substituents is 2. The summed E-state index contributed by atoms with van der Waals surface area (Å²) >= 11 is 3.18. The summed E-state index contributed by atoms with van der Waals surface area (Å²) in [5.41, 5.74) is 0.866. The molecule has 3 rings (SSSR count). The van der Waals surface area contributed by atoms with Crippen LogP contribution in [0.1, 0.15) is 0 Å². The maximum atomic E-state index is 13.8. The van der Waals surface area contributed by atoms with E-state index in [0.29, 0.717) is 21.1 Å². The quantitative estimate of drug-likeness (QED) is 0.714. The molecule has 2 aromatic carbocycles. The van der Waals surface area contributed by atoms with Crippen LogP contribution >= 0.6 is 15.9 Å². The number of fused-ring (bicyclic) bond motifs is 1. The van der Waals surface area contributed by atoms with Crippen molar-refractivity contribution in [2.24, 2.45) is 0 Å². The van der Waals surface area contributed by atoms with Crippen molar-refractivity contribution >= 4 is 26.9 Å². The molecule has 0 aliphatic rings. The minimum absolute atomic E-state index is 0.0152. The molecule has 19 heavy (non-hydrogen) atoms. The molecule has 1 heterocycles. The number of aromatic hydroxyl groups is 2. The van der Waals surface area contributed by atoms with Crippen LogP contribution in [0.2, 0.25) is 0 Å². The highest BCUT2D eigenvalue weighted by molar-refractivity contribution is 9.10. The zero-order valence-corrected chi connectivity index (χ0v) is 11.0. The first-order chi connectivity index (χ1) is 9.08. The highest BCUT2D eigenvalue weighted by Gasteiger charge is 2.17. The fourth-order valence-electron chi connectivity index (χ4n) is 1.85. The van der Waals surface area contributed by atoms with Gasteiger partial charge in [0.15, 0.2) is 5.58 Å². The Morgan fingerprint density at radius 1 is 1.16 bits per heavy atom. The summed E-state index contributed by atoms with van der Waals surface area (Å²) in [6.07, 6.45) is 0. The second kappa shape index (κ2) is 4.24. The Balaban J connectivity index is 2.29. The van der Waals surface area contributed by atoms with Gasteiger partial charge < -0.3 is 14.7 Å². The highest BCUT2D eigenvalue weighted by Crippen LogP contribution is 2.38. The van der Waals surface area contributed by atoms with Gasteiger partial charge in [0, 0.05) is 11.6 Å². The number of aromatic nitrogens is 1. The fraction of sp³-hybridized carbons (Fsp3) is 0. The summed E-state index contributed by atoms with van der Waals surface area (Å²) in [7, 11) is 0. The maximum absolute atomic E-state index is 13.8. The van der Waals surface area contributed by atoms with Gasteiger partial charge in [-0.25, -0.2) is 4.39 Å². The lowest BCUT2D eigenvalue weighted by Gasteiger charge is -2.01. The Bertz CT molecular complexity index is 785. The van der Waals surface area contributed by atoms with Crippen LogP contribution < -0.4 is 0 Å². The van der Waals surface area contributed by atoms with E-state index in [1.165, 1.54) is 18.2 Å². The number of nitrogens with zero attached hydrogens (tertiary/aromatic N) is 1. The predicted molar refractivity (Wildman–Crippen MR) is 70.4 cm³/mol. The van der Waals surface area contributed by atoms with Gasteiger partial charge in [-0.15, -0.1) is 0 Å². The molecule has 96 valence electrons. The Morgan fingerprint density at radius 2 is 1.95 bits per heavy atom. The number of hydrogen-bond donors (Lipinski definition) is 2. The van der Waals surface area contributed by atoms with Gasteiger partial charge in [-0.1, -0.05) is 5.16 Å². The molecular formula is C13H7BrFNO3. The molecule has 0 saturated heterocycles. The van der Waals surface area contributed by atoms with E-state index in [2.05, 4.69) is 21.1 Å². The normalized spacial score (nSPS) is 11.1. The van der Waals surface area contributed by atoms with Crippen LogP contribution in [0.5, 0.6) is 11.5 Å². The van der Waals surface area contributed by atoms with Crippen LogP contribution in [0.3, 0.4) is 0 Å². The second-order valence-electron chi connectivity index (χ2n) is 3.97. The van der Waals surface area contributed by atoms with E-state index in [4.69, 9.17) is 4.52 Å². The van der Waals surface area contributed by atoms with Crippen LogP contribution in [0.25, 0.3) is 22.2 Å². The van der Waals surface area contributed by atoms with E-state index in [9.17, 15) is 14.6 Å². The summed E-state index contributed by atoms with van der Waals surface area (Å²) in [6, 6.07) is 6.85. The minimum atomic E-state index is -0.598. The summed E-state index contributed by atoms with van der Waals surface area (Å²) in [5, 5.41) is 23.1. The summed E-state index contributed by atoms with van der Waals surface area (Å²) in [6.45, 7) is 0. The van der Waals surface area contributed by atoms with Gasteiger partial charge in [0.05, 0.1) is 5.39 Å². The molecule has 0 fully saturated rings. The van der Waals surface area contributed by atoms with Gasteiger partial charge in [0.1, 0.15) is 27.5 Å². The van der Waals surface area contributed by atoms with E-state index in [0.717, 1.165) is 6.07 Å². The van der Waals surface area contributed by atoms with Crippen molar-refractivity contribution in [2.45, 2.75) is 0 Å². The van der Waals surface area contributed by atoms with Crippen molar-refractivity contribution in [2.75, 3.05) is 0 Å². The van der Waals surface area contributed by atoms with Crippen molar-refractivity contribution in [3.63, 3.8) is 0 Å². The van der Waals surface area contributed by atoms with E-state index in [1.54, 1.807) is 6.07 Å². The highest BCUT2D eigenvalue weighted by atomic mass is 79.9. The van der Waals surface area contributed by atoms with Crippen molar-refractivity contribution in [3.05, 3.63) is 40.6 Å². The van der Waals surface area contributed by atoms with E-state index in [1.807, 2.05) is 0 Å². The number of phenols is 2. The molecule has 4 nitrogen and oxygen atoms in total. The monoisotopic (exact) mass is 323 g/mol. The smallest absolute Gasteiger partial charge is 0.185 e. The van der Waals surface area contributed by atoms with Gasteiger partial charge in [-0.3, -0.25) is 0 Å². The molecule has 0 bridgehead atoms. The Labute approximate surface area is 115 Å². The largest absolute Gasteiger partial charge is 0.508 e. The second-order valence-corrected chi connectivity index (χ2v) is 4.76. The molecule has 0 amide bonds. The Hall–Kier alpha value is -2.08. The van der Waals surface area contributed by atoms with Crippen LogP contribution in [-0.4, -0.2) is 15.4 Å². The van der Waals surface area contributed by atoms with Crippen molar-refractivity contribution in [1.29, 1.82) is 0 Å². The Morgan fingerprint density at radius 3 is 2.68 bits per heavy atom. The number of rotatable bonds is 1. The number of halogens is 2. The SMILES string of the molecule is Oc1ccc(-c2noc3c(Br)c(O)ccc23)c(F)c1. The molecule has 1 aromatic heterocycles. The third kappa shape index (κ3) is 1.84. The molecule has 2 N–H and O–H groups in total. The fourth-order valence-corrected chi connectivity index (χ4v) is 2.27. The van der Waals surface area contributed by atoms with E-state index < -0.39 is 5.82 Å². The third-order valence-electron chi connectivity index (χ3n) is 2.77. The zero-order valence-electron chi connectivity index (χ0n) is 9.39. The number of benzene rings is 2. The molecule has 0 saturated carbocycles. The lowest BCUT2D eigenvalue weighted by molar-refractivity contribution is 0.447. The average molecular weight is 324 g/mol. The predicted octanol–water partition coefficient (Wildman–Crippen LogP) is 3.81. The van der Waals surface area contributed by atoms with Crippen LogP contribution in [0, 0.1) is 5.82 Å². The molecule has 6 heteroatoms. The van der Waals surface area contributed by atoms with E-state index >= 15 is 0 Å². The van der Waals surface area contributed by atoms with Gasteiger partial charge in [-0.05, 0) is 40.2 Å².